The van der Waals surface area contributed by atoms with E-state index in [0.29, 0.717) is 29.2 Å². The van der Waals surface area contributed by atoms with E-state index in [2.05, 4.69) is 30.4 Å². The van der Waals surface area contributed by atoms with Crippen molar-refractivity contribution < 1.29 is 0 Å². The van der Waals surface area contributed by atoms with Crippen molar-refractivity contribution in [3.05, 3.63) is 63.5 Å². The number of hydrogen-bond acceptors (Lipinski definition) is 4. The molecule has 8 heteroatoms. The van der Waals surface area contributed by atoms with E-state index in [9.17, 15) is 4.79 Å². The number of rotatable bonds is 4. The lowest BCUT2D eigenvalue weighted by atomic mass is 9.91. The van der Waals surface area contributed by atoms with E-state index in [1.165, 1.54) is 4.68 Å². The Balaban J connectivity index is 2.13. The molecule has 0 saturated heterocycles. The molecule has 2 heterocycles. The molecule has 1 aromatic carbocycles. The SMILES string of the molecule is [C-]#[N+]c1c(N=Nc2c(C(C)(C)C)[nH]n(-c3ccccc3)c2=O)n[nH]c1CC. The number of para-hydroxylation sites is 1. The van der Waals surface area contributed by atoms with Gasteiger partial charge in [-0.1, -0.05) is 45.9 Å². The van der Waals surface area contributed by atoms with Crippen molar-refractivity contribution in [3.8, 4) is 5.69 Å². The van der Waals surface area contributed by atoms with Crippen LogP contribution in [0, 0.1) is 6.57 Å². The second-order valence-corrected chi connectivity index (χ2v) is 7.10. The molecule has 3 aromatic rings. The van der Waals surface area contributed by atoms with Crippen LogP contribution in [0.4, 0.5) is 17.2 Å². The molecule has 0 amide bonds. The highest BCUT2D eigenvalue weighted by atomic mass is 16.1. The van der Waals surface area contributed by atoms with Crippen LogP contribution >= 0.6 is 0 Å². The van der Waals surface area contributed by atoms with Gasteiger partial charge in [0.25, 0.3) is 11.2 Å². The largest absolute Gasteiger partial charge is 0.299 e. The third-order valence-electron chi connectivity index (χ3n) is 4.13. The van der Waals surface area contributed by atoms with Gasteiger partial charge in [-0.25, -0.2) is 9.53 Å². The molecule has 27 heavy (non-hydrogen) atoms. The Labute approximate surface area is 156 Å². The summed E-state index contributed by atoms with van der Waals surface area (Å²) in [7, 11) is 0. The monoisotopic (exact) mass is 363 g/mol. The minimum absolute atomic E-state index is 0.188. The average molecular weight is 363 g/mol. The van der Waals surface area contributed by atoms with Gasteiger partial charge in [-0.15, -0.1) is 10.2 Å². The molecule has 0 unspecified atom stereocenters. The molecule has 0 aliphatic rings. The second-order valence-electron chi connectivity index (χ2n) is 7.10. The summed E-state index contributed by atoms with van der Waals surface area (Å²) in [4.78, 5) is 16.4. The average Bonchev–Trinajstić information content (AvgIpc) is 3.20. The van der Waals surface area contributed by atoms with Gasteiger partial charge >= 0.3 is 0 Å². The summed E-state index contributed by atoms with van der Waals surface area (Å²) in [5, 5.41) is 18.3. The predicted molar refractivity (Wildman–Crippen MR) is 103 cm³/mol. The molecular formula is C19H21N7O. The first-order chi connectivity index (χ1) is 12.9. The molecule has 2 aromatic heterocycles. The van der Waals surface area contributed by atoms with Crippen molar-refractivity contribution in [2.45, 2.75) is 39.5 Å². The lowest BCUT2D eigenvalue weighted by molar-refractivity contribution is 0.560. The van der Waals surface area contributed by atoms with Crippen molar-refractivity contribution in [2.24, 2.45) is 10.2 Å². The topological polar surface area (TPSA) is 95.6 Å². The zero-order valence-electron chi connectivity index (χ0n) is 15.7. The van der Waals surface area contributed by atoms with Crippen LogP contribution in [0.5, 0.6) is 0 Å². The number of aromatic nitrogens is 4. The number of hydrogen-bond donors (Lipinski definition) is 2. The zero-order chi connectivity index (χ0) is 19.6. The smallest absolute Gasteiger partial charge is 0.292 e. The Morgan fingerprint density at radius 2 is 1.93 bits per heavy atom. The molecule has 0 aliphatic heterocycles. The van der Waals surface area contributed by atoms with Gasteiger partial charge in [0.1, 0.15) is 0 Å². The zero-order valence-corrected chi connectivity index (χ0v) is 15.7. The lowest BCUT2D eigenvalue weighted by Crippen LogP contribution is -2.14. The molecule has 0 saturated carbocycles. The third kappa shape index (κ3) is 3.44. The maximum absolute atomic E-state index is 13.0. The van der Waals surface area contributed by atoms with E-state index in [-0.39, 0.29) is 22.5 Å². The molecule has 0 atom stereocenters. The summed E-state index contributed by atoms with van der Waals surface area (Å²) in [5.74, 6) is 0.188. The summed E-state index contributed by atoms with van der Waals surface area (Å²) >= 11 is 0. The summed E-state index contributed by atoms with van der Waals surface area (Å²) in [6, 6.07) is 9.28. The first-order valence-electron chi connectivity index (χ1n) is 8.64. The number of nitrogens with zero attached hydrogens (tertiary/aromatic N) is 5. The quantitative estimate of drug-likeness (QED) is 0.518. The highest BCUT2D eigenvalue weighted by Gasteiger charge is 2.25. The van der Waals surface area contributed by atoms with E-state index >= 15 is 0 Å². The molecule has 0 fully saturated rings. The summed E-state index contributed by atoms with van der Waals surface area (Å²) in [6.07, 6.45) is 0.637. The van der Waals surface area contributed by atoms with Crippen LogP contribution in [0.2, 0.25) is 0 Å². The van der Waals surface area contributed by atoms with Crippen LogP contribution in [0.15, 0.2) is 45.4 Å². The number of aryl methyl sites for hydroxylation is 1. The van der Waals surface area contributed by atoms with Gasteiger partial charge in [0.15, 0.2) is 5.69 Å². The van der Waals surface area contributed by atoms with Crippen LogP contribution in [0.1, 0.15) is 39.1 Å². The minimum Gasteiger partial charge on any atom is -0.292 e. The van der Waals surface area contributed by atoms with Crippen LogP contribution in [-0.4, -0.2) is 20.0 Å². The first-order valence-corrected chi connectivity index (χ1v) is 8.64. The highest BCUT2D eigenvalue weighted by molar-refractivity contribution is 5.65. The number of nitrogens with one attached hydrogen (secondary N) is 2. The van der Waals surface area contributed by atoms with Crippen molar-refractivity contribution in [1.82, 2.24) is 20.0 Å². The fourth-order valence-electron chi connectivity index (χ4n) is 2.70. The number of azo groups is 1. The van der Waals surface area contributed by atoms with E-state index < -0.39 is 0 Å². The van der Waals surface area contributed by atoms with Crippen molar-refractivity contribution in [3.63, 3.8) is 0 Å². The Kier molecular flexibility index (Phi) is 4.77. The Bertz CT molecular complexity index is 1070. The molecule has 0 spiro atoms. The van der Waals surface area contributed by atoms with Gasteiger partial charge in [0.2, 0.25) is 5.82 Å². The molecule has 0 bridgehead atoms. The molecular weight excluding hydrogens is 342 g/mol. The normalized spacial score (nSPS) is 11.8. The maximum atomic E-state index is 13.0. The molecule has 138 valence electrons. The fourth-order valence-corrected chi connectivity index (χ4v) is 2.70. The van der Waals surface area contributed by atoms with Crippen molar-refractivity contribution in [2.75, 3.05) is 0 Å². The Hall–Kier alpha value is -3.47. The van der Waals surface area contributed by atoms with Gasteiger partial charge < -0.3 is 0 Å². The molecule has 0 aliphatic carbocycles. The van der Waals surface area contributed by atoms with E-state index in [4.69, 9.17) is 6.57 Å². The van der Waals surface area contributed by atoms with Gasteiger partial charge in [-0.3, -0.25) is 15.0 Å². The van der Waals surface area contributed by atoms with E-state index in [1.807, 2.05) is 58.0 Å². The van der Waals surface area contributed by atoms with Crippen LogP contribution in [0.3, 0.4) is 0 Å². The molecule has 0 radical (unpaired) electrons. The van der Waals surface area contributed by atoms with Crippen molar-refractivity contribution >= 4 is 17.2 Å². The van der Waals surface area contributed by atoms with E-state index in [0.717, 1.165) is 0 Å². The fraction of sp³-hybridized carbons (Fsp3) is 0.316. The van der Waals surface area contributed by atoms with Gasteiger partial charge in [-0.2, -0.15) is 5.10 Å². The first kappa shape index (κ1) is 18.3. The summed E-state index contributed by atoms with van der Waals surface area (Å²) in [6.45, 7) is 15.2. The van der Waals surface area contributed by atoms with Gasteiger partial charge in [0, 0.05) is 11.1 Å². The standard InChI is InChI=1S/C19H21N7O/c1-6-13-14(20-5)17(23-21-13)24-22-15-16(19(2,3)4)25-26(18(15)27)12-10-8-7-9-11-12/h7-11,25H,6H2,1-4H3,(H,21,23). The molecule has 3 rings (SSSR count). The lowest BCUT2D eigenvalue weighted by Gasteiger charge is -2.16. The molecule has 2 N–H and O–H groups in total. The summed E-state index contributed by atoms with van der Waals surface area (Å²) in [5.41, 5.74) is 1.97. The second kappa shape index (κ2) is 7.03. The third-order valence-corrected chi connectivity index (χ3v) is 4.13. The molecule has 8 nitrogen and oxygen atoms in total. The van der Waals surface area contributed by atoms with Gasteiger partial charge in [0.05, 0.1) is 18.0 Å². The maximum Gasteiger partial charge on any atom is 0.299 e. The van der Waals surface area contributed by atoms with E-state index in [1.54, 1.807) is 0 Å². The van der Waals surface area contributed by atoms with Crippen LogP contribution in [0.25, 0.3) is 10.5 Å². The number of aromatic amines is 2. The highest BCUT2D eigenvalue weighted by Crippen LogP contribution is 2.33. The summed E-state index contributed by atoms with van der Waals surface area (Å²) < 4.78 is 1.45. The van der Waals surface area contributed by atoms with Crippen molar-refractivity contribution in [1.29, 1.82) is 0 Å². The number of H-pyrrole nitrogens is 2. The van der Waals surface area contributed by atoms with Crippen LogP contribution in [-0.2, 0) is 11.8 Å². The predicted octanol–water partition coefficient (Wildman–Crippen LogP) is 4.71. The Morgan fingerprint density at radius 3 is 2.52 bits per heavy atom. The van der Waals surface area contributed by atoms with Crippen LogP contribution < -0.4 is 5.56 Å². The van der Waals surface area contributed by atoms with Gasteiger partial charge in [-0.05, 0) is 18.6 Å². The minimum atomic E-state index is -0.351. The number of benzene rings is 1. The Morgan fingerprint density at radius 1 is 1.22 bits per heavy atom.